The topological polar surface area (TPSA) is 44.1 Å². The van der Waals surface area contributed by atoms with Crippen LogP contribution >= 0.6 is 15.9 Å². The molecule has 4 nitrogen and oxygen atoms in total. The van der Waals surface area contributed by atoms with Crippen LogP contribution in [0.1, 0.15) is 26.5 Å². The van der Waals surface area contributed by atoms with Gasteiger partial charge in [-0.15, -0.1) is 0 Å². The van der Waals surface area contributed by atoms with E-state index in [2.05, 4.69) is 21.0 Å². The van der Waals surface area contributed by atoms with Crippen LogP contribution in [0.4, 0.5) is 4.79 Å². The first-order valence-corrected chi connectivity index (χ1v) is 6.45. The van der Waals surface area contributed by atoms with Crippen molar-refractivity contribution >= 4 is 32.9 Å². The van der Waals surface area contributed by atoms with E-state index in [4.69, 9.17) is 4.74 Å². The van der Waals surface area contributed by atoms with Crippen LogP contribution in [0.5, 0.6) is 0 Å². The third-order valence-corrected chi connectivity index (χ3v) is 2.89. The summed E-state index contributed by atoms with van der Waals surface area (Å²) in [5.74, 6) is 0. The Morgan fingerprint density at radius 1 is 1.39 bits per heavy atom. The van der Waals surface area contributed by atoms with Crippen LogP contribution < -0.4 is 0 Å². The fourth-order valence-corrected chi connectivity index (χ4v) is 2.05. The molecule has 0 aliphatic heterocycles. The maximum atomic E-state index is 12.0. The zero-order valence-corrected chi connectivity index (χ0v) is 12.4. The Morgan fingerprint density at radius 3 is 2.67 bits per heavy atom. The van der Waals surface area contributed by atoms with Crippen LogP contribution in [0, 0.1) is 6.92 Å². The summed E-state index contributed by atoms with van der Waals surface area (Å²) < 4.78 is 7.59. The molecule has 0 amide bonds. The number of ether oxygens (including phenoxy) is 1. The molecule has 5 heteroatoms. The fraction of sp³-hybridized carbons (Fsp3) is 0.385. The van der Waals surface area contributed by atoms with Crippen molar-refractivity contribution in [2.75, 3.05) is 0 Å². The molecule has 0 atom stereocenters. The van der Waals surface area contributed by atoms with Gasteiger partial charge in [0.15, 0.2) is 0 Å². The number of hydrogen-bond donors (Lipinski definition) is 0. The number of hydrogen-bond acceptors (Lipinski definition) is 3. The molecule has 0 fully saturated rings. The van der Waals surface area contributed by atoms with E-state index in [-0.39, 0.29) is 0 Å². The van der Waals surface area contributed by atoms with Crippen LogP contribution in [0.3, 0.4) is 0 Å². The Balaban J connectivity index is 2.49. The van der Waals surface area contributed by atoms with Gasteiger partial charge in [-0.2, -0.15) is 9.78 Å². The highest BCUT2D eigenvalue weighted by Crippen LogP contribution is 2.23. The summed E-state index contributed by atoms with van der Waals surface area (Å²) in [5, 5.41) is 5.18. The lowest BCUT2D eigenvalue weighted by Gasteiger charge is -2.19. The molecule has 0 spiro atoms. The lowest BCUT2D eigenvalue weighted by Crippen LogP contribution is -2.27. The molecule has 18 heavy (non-hydrogen) atoms. The summed E-state index contributed by atoms with van der Waals surface area (Å²) in [7, 11) is 0. The smallest absolute Gasteiger partial charge is 0.435 e. The molecule has 1 heterocycles. The van der Waals surface area contributed by atoms with Gasteiger partial charge in [-0.3, -0.25) is 0 Å². The van der Waals surface area contributed by atoms with E-state index in [1.807, 2.05) is 45.9 Å². The lowest BCUT2D eigenvalue weighted by molar-refractivity contribution is 0.0522. The van der Waals surface area contributed by atoms with Gasteiger partial charge in [0.25, 0.3) is 0 Å². The van der Waals surface area contributed by atoms with Gasteiger partial charge in [0.1, 0.15) is 5.60 Å². The first-order chi connectivity index (χ1) is 8.28. The molecule has 1 aromatic heterocycles. The third kappa shape index (κ3) is 2.56. The fourth-order valence-electron chi connectivity index (χ4n) is 1.68. The molecule has 2 aromatic rings. The molecule has 2 rings (SSSR count). The van der Waals surface area contributed by atoms with Gasteiger partial charge in [-0.1, -0.05) is 15.9 Å². The Hall–Kier alpha value is -1.36. The third-order valence-electron chi connectivity index (χ3n) is 2.39. The van der Waals surface area contributed by atoms with Crippen LogP contribution in [-0.4, -0.2) is 21.5 Å². The minimum Gasteiger partial charge on any atom is -0.442 e. The summed E-state index contributed by atoms with van der Waals surface area (Å²) in [6, 6.07) is 5.67. The molecular weight excluding hydrogens is 296 g/mol. The second-order valence-corrected chi connectivity index (χ2v) is 6.05. The predicted octanol–water partition coefficient (Wildman–Crippen LogP) is 3.89. The average Bonchev–Trinajstić information content (AvgIpc) is 2.54. The summed E-state index contributed by atoms with van der Waals surface area (Å²) in [5.41, 5.74) is 1.03. The molecule has 1 aromatic carbocycles. The van der Waals surface area contributed by atoms with E-state index in [1.165, 1.54) is 4.68 Å². The van der Waals surface area contributed by atoms with E-state index in [1.54, 1.807) is 0 Å². The molecule has 0 aliphatic carbocycles. The molecule has 0 radical (unpaired) electrons. The normalized spacial score (nSPS) is 11.8. The predicted molar refractivity (Wildman–Crippen MR) is 73.8 cm³/mol. The quantitative estimate of drug-likeness (QED) is 0.741. The molecular formula is C13H15BrN2O2. The molecule has 0 aliphatic rings. The summed E-state index contributed by atoms with van der Waals surface area (Å²) >= 11 is 3.41. The number of aryl methyl sites for hydroxylation is 1. The first-order valence-electron chi connectivity index (χ1n) is 5.66. The van der Waals surface area contributed by atoms with Crippen molar-refractivity contribution in [2.45, 2.75) is 33.3 Å². The summed E-state index contributed by atoms with van der Waals surface area (Å²) in [6.45, 7) is 7.37. The second kappa shape index (κ2) is 4.39. The van der Waals surface area contributed by atoms with Crippen molar-refractivity contribution in [2.24, 2.45) is 0 Å². The highest BCUT2D eigenvalue weighted by atomic mass is 79.9. The van der Waals surface area contributed by atoms with Gasteiger partial charge in [0, 0.05) is 9.86 Å². The van der Waals surface area contributed by atoms with Crippen molar-refractivity contribution in [3.8, 4) is 0 Å². The van der Waals surface area contributed by atoms with Crippen LogP contribution in [-0.2, 0) is 4.74 Å². The molecule has 0 bridgehead atoms. The number of carbonyl (C=O) groups is 1. The first kappa shape index (κ1) is 13.1. The molecule has 0 saturated carbocycles. The summed E-state index contributed by atoms with van der Waals surface area (Å²) in [6.07, 6.45) is -0.456. The van der Waals surface area contributed by atoms with E-state index in [9.17, 15) is 4.79 Å². The highest BCUT2D eigenvalue weighted by molar-refractivity contribution is 9.10. The second-order valence-electron chi connectivity index (χ2n) is 5.14. The number of fused-ring (bicyclic) bond motifs is 1. The van der Waals surface area contributed by atoms with Crippen molar-refractivity contribution in [1.29, 1.82) is 0 Å². The SMILES string of the molecule is Cc1nn(C(=O)OC(C)(C)C)c2ccc(Br)cc12. The Morgan fingerprint density at radius 2 is 2.06 bits per heavy atom. The standard InChI is InChI=1S/C13H15BrN2O2/c1-8-10-7-9(14)5-6-11(10)16(15-8)12(17)18-13(2,3)4/h5-7H,1-4H3. The number of aromatic nitrogens is 2. The number of benzene rings is 1. The van der Waals surface area contributed by atoms with Crippen molar-refractivity contribution in [1.82, 2.24) is 9.78 Å². The van der Waals surface area contributed by atoms with Gasteiger partial charge in [0.2, 0.25) is 0 Å². The molecule has 96 valence electrons. The van der Waals surface area contributed by atoms with Crippen molar-refractivity contribution in [3.05, 3.63) is 28.4 Å². The maximum Gasteiger partial charge on any atom is 0.435 e. The Labute approximate surface area is 114 Å². The van der Waals surface area contributed by atoms with E-state index in [0.717, 1.165) is 21.1 Å². The van der Waals surface area contributed by atoms with Gasteiger partial charge < -0.3 is 4.74 Å². The zero-order valence-electron chi connectivity index (χ0n) is 10.8. The summed E-state index contributed by atoms with van der Waals surface area (Å²) in [4.78, 5) is 12.0. The van der Waals surface area contributed by atoms with Crippen LogP contribution in [0.15, 0.2) is 22.7 Å². The van der Waals surface area contributed by atoms with E-state index in [0.29, 0.717) is 0 Å². The Bertz CT molecular complexity index is 611. The lowest BCUT2D eigenvalue weighted by atomic mass is 10.2. The number of carbonyl (C=O) groups excluding carboxylic acids is 1. The Kier molecular flexibility index (Phi) is 3.19. The van der Waals surface area contributed by atoms with E-state index >= 15 is 0 Å². The minimum absolute atomic E-state index is 0.456. The van der Waals surface area contributed by atoms with E-state index < -0.39 is 11.7 Å². The molecule has 0 saturated heterocycles. The van der Waals surface area contributed by atoms with Gasteiger partial charge in [-0.25, -0.2) is 4.79 Å². The highest BCUT2D eigenvalue weighted by Gasteiger charge is 2.21. The zero-order chi connectivity index (χ0) is 13.5. The maximum absolute atomic E-state index is 12.0. The van der Waals surface area contributed by atoms with Gasteiger partial charge in [-0.05, 0) is 45.9 Å². The molecule has 0 unspecified atom stereocenters. The largest absolute Gasteiger partial charge is 0.442 e. The number of rotatable bonds is 0. The van der Waals surface area contributed by atoms with Crippen LogP contribution in [0.25, 0.3) is 10.9 Å². The van der Waals surface area contributed by atoms with Crippen LogP contribution in [0.2, 0.25) is 0 Å². The molecule has 0 N–H and O–H groups in total. The van der Waals surface area contributed by atoms with Crippen molar-refractivity contribution in [3.63, 3.8) is 0 Å². The number of nitrogens with zero attached hydrogens (tertiary/aromatic N) is 2. The van der Waals surface area contributed by atoms with Crippen molar-refractivity contribution < 1.29 is 9.53 Å². The van der Waals surface area contributed by atoms with Gasteiger partial charge in [0.05, 0.1) is 11.2 Å². The minimum atomic E-state index is -0.529. The monoisotopic (exact) mass is 310 g/mol. The van der Waals surface area contributed by atoms with Gasteiger partial charge >= 0.3 is 6.09 Å². The number of halogens is 1. The average molecular weight is 311 g/mol.